The third-order valence-corrected chi connectivity index (χ3v) is 2.10. The monoisotopic (exact) mass is 188 g/mol. The molecule has 2 atom stereocenters. The molecule has 0 aromatic carbocycles. The van der Waals surface area contributed by atoms with Crippen LogP contribution in [0, 0.1) is 0 Å². The third kappa shape index (κ3) is 1.78. The summed E-state index contributed by atoms with van der Waals surface area (Å²) < 4.78 is 0. The average molecular weight is 188 g/mol. The Bertz CT molecular complexity index is 231. The normalized spacial score (nSPS) is 24.9. The van der Waals surface area contributed by atoms with E-state index >= 15 is 0 Å². The summed E-state index contributed by atoms with van der Waals surface area (Å²) >= 11 is 0. The van der Waals surface area contributed by atoms with Crippen LogP contribution in [0.5, 0.6) is 0 Å². The van der Waals surface area contributed by atoms with Crippen molar-refractivity contribution >= 4 is 11.9 Å². The van der Waals surface area contributed by atoms with Gasteiger partial charge in [0.2, 0.25) is 5.91 Å². The van der Waals surface area contributed by atoms with Crippen molar-refractivity contribution in [3.63, 3.8) is 0 Å². The van der Waals surface area contributed by atoms with Crippen molar-refractivity contribution < 1.29 is 19.8 Å². The van der Waals surface area contributed by atoms with Crippen LogP contribution in [-0.2, 0) is 9.59 Å². The predicted molar refractivity (Wildman–Crippen MR) is 42.8 cm³/mol. The Morgan fingerprint density at radius 2 is 2.46 bits per heavy atom. The number of carbonyl (C=O) groups excluding carboxylic acids is 1. The highest BCUT2D eigenvalue weighted by atomic mass is 16.4. The van der Waals surface area contributed by atoms with Gasteiger partial charge in [0, 0.05) is 0 Å². The SMILES string of the molecule is CC(C(=O)O)N1CN[C@@H](CO)C1=O. The molecular weight excluding hydrogens is 176 g/mol. The molecule has 1 aliphatic heterocycles. The van der Waals surface area contributed by atoms with Crippen molar-refractivity contribution in [2.45, 2.75) is 19.0 Å². The molecule has 0 bridgehead atoms. The van der Waals surface area contributed by atoms with Crippen LogP contribution < -0.4 is 5.32 Å². The highest BCUT2D eigenvalue weighted by molar-refractivity contribution is 5.88. The van der Waals surface area contributed by atoms with Crippen LogP contribution in [-0.4, -0.2) is 52.3 Å². The number of aliphatic carboxylic acids is 1. The van der Waals surface area contributed by atoms with Crippen LogP contribution in [0.3, 0.4) is 0 Å². The van der Waals surface area contributed by atoms with Gasteiger partial charge >= 0.3 is 5.97 Å². The van der Waals surface area contributed by atoms with Gasteiger partial charge in [0.1, 0.15) is 12.1 Å². The number of carboxylic acid groups (broad SMARTS) is 1. The van der Waals surface area contributed by atoms with Crippen LogP contribution in [0.15, 0.2) is 0 Å². The summed E-state index contributed by atoms with van der Waals surface area (Å²) in [7, 11) is 0. The second-order valence-corrected chi connectivity index (χ2v) is 2.92. The van der Waals surface area contributed by atoms with Crippen molar-refractivity contribution in [1.82, 2.24) is 10.2 Å². The molecule has 1 amide bonds. The second kappa shape index (κ2) is 3.71. The molecule has 6 nitrogen and oxygen atoms in total. The Hall–Kier alpha value is -1.14. The summed E-state index contributed by atoms with van der Waals surface area (Å²) in [6.07, 6.45) is 0. The fourth-order valence-corrected chi connectivity index (χ4v) is 1.18. The number of amides is 1. The Balaban J connectivity index is 2.64. The molecule has 1 unspecified atom stereocenters. The van der Waals surface area contributed by atoms with Gasteiger partial charge in [0.05, 0.1) is 13.3 Å². The van der Waals surface area contributed by atoms with Crippen LogP contribution in [0.2, 0.25) is 0 Å². The fourth-order valence-electron chi connectivity index (χ4n) is 1.18. The summed E-state index contributed by atoms with van der Waals surface area (Å²) in [6, 6.07) is -1.50. The number of hydrogen-bond acceptors (Lipinski definition) is 4. The Labute approximate surface area is 75.1 Å². The molecule has 1 heterocycles. The molecule has 1 rings (SSSR count). The first-order chi connectivity index (χ1) is 6.07. The lowest BCUT2D eigenvalue weighted by atomic mass is 10.2. The standard InChI is InChI=1S/C7H12N2O4/c1-4(7(12)13)9-3-8-5(2-10)6(9)11/h4-5,8,10H,2-3H2,1H3,(H,12,13)/t4?,5-/m0/s1. The molecule has 0 saturated carbocycles. The number of hydrogen-bond donors (Lipinski definition) is 3. The quantitative estimate of drug-likeness (QED) is 0.486. The van der Waals surface area contributed by atoms with Gasteiger partial charge in [-0.15, -0.1) is 0 Å². The molecule has 1 fully saturated rings. The minimum absolute atomic E-state index is 0.178. The molecule has 6 heteroatoms. The van der Waals surface area contributed by atoms with Crippen molar-refractivity contribution in [3.8, 4) is 0 Å². The molecular formula is C7H12N2O4. The number of nitrogens with one attached hydrogen (secondary N) is 1. The molecule has 0 aromatic rings. The Kier molecular flexibility index (Phi) is 2.84. The van der Waals surface area contributed by atoms with Crippen molar-refractivity contribution in [2.24, 2.45) is 0 Å². The number of carbonyl (C=O) groups is 2. The zero-order valence-corrected chi connectivity index (χ0v) is 7.23. The first kappa shape index (κ1) is 9.94. The number of aliphatic hydroxyl groups is 1. The fraction of sp³-hybridized carbons (Fsp3) is 0.714. The van der Waals surface area contributed by atoms with E-state index in [1.54, 1.807) is 0 Å². The number of rotatable bonds is 3. The van der Waals surface area contributed by atoms with Crippen molar-refractivity contribution in [1.29, 1.82) is 0 Å². The lowest BCUT2D eigenvalue weighted by Crippen LogP contribution is -2.42. The van der Waals surface area contributed by atoms with Gasteiger partial charge < -0.3 is 15.1 Å². The first-order valence-electron chi connectivity index (χ1n) is 3.95. The maximum absolute atomic E-state index is 11.3. The van der Waals surface area contributed by atoms with E-state index in [4.69, 9.17) is 10.2 Å². The minimum atomic E-state index is -1.05. The summed E-state index contributed by atoms with van der Waals surface area (Å²) in [5.41, 5.74) is 0. The van der Waals surface area contributed by atoms with Crippen LogP contribution in [0.1, 0.15) is 6.92 Å². The largest absolute Gasteiger partial charge is 0.480 e. The zero-order chi connectivity index (χ0) is 10.0. The molecule has 0 aliphatic carbocycles. The summed E-state index contributed by atoms with van der Waals surface area (Å²) in [4.78, 5) is 23.0. The second-order valence-electron chi connectivity index (χ2n) is 2.92. The van der Waals surface area contributed by atoms with Crippen molar-refractivity contribution in [3.05, 3.63) is 0 Å². The molecule has 1 saturated heterocycles. The van der Waals surface area contributed by atoms with Gasteiger partial charge in [-0.05, 0) is 6.92 Å². The smallest absolute Gasteiger partial charge is 0.326 e. The lowest BCUT2D eigenvalue weighted by molar-refractivity contribution is -0.147. The number of nitrogens with zero attached hydrogens (tertiary/aromatic N) is 1. The van der Waals surface area contributed by atoms with Gasteiger partial charge in [-0.25, -0.2) is 4.79 Å². The molecule has 74 valence electrons. The molecule has 1 aliphatic rings. The number of aliphatic hydroxyl groups excluding tert-OH is 1. The summed E-state index contributed by atoms with van der Waals surface area (Å²) in [5, 5.41) is 20.1. The maximum Gasteiger partial charge on any atom is 0.326 e. The number of carboxylic acids is 1. The minimum Gasteiger partial charge on any atom is -0.480 e. The highest BCUT2D eigenvalue weighted by Crippen LogP contribution is 2.07. The lowest BCUT2D eigenvalue weighted by Gasteiger charge is -2.19. The van der Waals surface area contributed by atoms with E-state index in [-0.39, 0.29) is 19.2 Å². The van der Waals surface area contributed by atoms with Gasteiger partial charge in [0.15, 0.2) is 0 Å². The van der Waals surface area contributed by atoms with E-state index in [0.717, 1.165) is 0 Å². The van der Waals surface area contributed by atoms with Gasteiger partial charge in [-0.3, -0.25) is 10.1 Å². The Morgan fingerprint density at radius 3 is 2.85 bits per heavy atom. The molecule has 0 radical (unpaired) electrons. The summed E-state index contributed by atoms with van der Waals surface area (Å²) in [6.45, 7) is 1.31. The molecule has 0 aromatic heterocycles. The average Bonchev–Trinajstić information content (AvgIpc) is 2.45. The third-order valence-electron chi connectivity index (χ3n) is 2.10. The molecule has 3 N–H and O–H groups in total. The van der Waals surface area contributed by atoms with Crippen LogP contribution >= 0.6 is 0 Å². The van der Waals surface area contributed by atoms with Crippen molar-refractivity contribution in [2.75, 3.05) is 13.3 Å². The van der Waals surface area contributed by atoms with E-state index in [2.05, 4.69) is 5.32 Å². The highest BCUT2D eigenvalue weighted by Gasteiger charge is 2.35. The van der Waals surface area contributed by atoms with Gasteiger partial charge in [0.25, 0.3) is 0 Å². The van der Waals surface area contributed by atoms with Gasteiger partial charge in [-0.2, -0.15) is 0 Å². The van der Waals surface area contributed by atoms with E-state index in [1.807, 2.05) is 0 Å². The van der Waals surface area contributed by atoms with Crippen LogP contribution in [0.4, 0.5) is 0 Å². The predicted octanol–water partition coefficient (Wildman–Crippen LogP) is -1.79. The summed E-state index contributed by atoms with van der Waals surface area (Å²) in [5.74, 6) is -1.41. The molecule has 0 spiro atoms. The van der Waals surface area contributed by atoms with E-state index in [0.29, 0.717) is 0 Å². The first-order valence-corrected chi connectivity index (χ1v) is 3.95. The van der Waals surface area contributed by atoms with E-state index < -0.39 is 18.1 Å². The Morgan fingerprint density at radius 1 is 1.85 bits per heavy atom. The van der Waals surface area contributed by atoms with Gasteiger partial charge in [-0.1, -0.05) is 0 Å². The van der Waals surface area contributed by atoms with Crippen LogP contribution in [0.25, 0.3) is 0 Å². The topological polar surface area (TPSA) is 89.9 Å². The molecule has 13 heavy (non-hydrogen) atoms. The zero-order valence-electron chi connectivity index (χ0n) is 7.23. The maximum atomic E-state index is 11.3. The van der Waals surface area contributed by atoms with E-state index in [1.165, 1.54) is 11.8 Å². The van der Waals surface area contributed by atoms with E-state index in [9.17, 15) is 9.59 Å².